The fourth-order valence-corrected chi connectivity index (χ4v) is 3.03. The van der Waals surface area contributed by atoms with Crippen LogP contribution in [0, 0.1) is 19.7 Å². The van der Waals surface area contributed by atoms with E-state index in [-0.39, 0.29) is 23.8 Å². The third-order valence-electron chi connectivity index (χ3n) is 4.53. The van der Waals surface area contributed by atoms with E-state index in [1.165, 1.54) is 23.2 Å². The van der Waals surface area contributed by atoms with Crippen LogP contribution in [0.25, 0.3) is 5.82 Å². The molecule has 0 fully saturated rings. The van der Waals surface area contributed by atoms with Gasteiger partial charge in [-0.3, -0.25) is 4.79 Å². The third kappa shape index (κ3) is 5.08. The summed E-state index contributed by atoms with van der Waals surface area (Å²) in [5.74, 6) is -0.778. The monoisotopic (exact) mass is 410 g/mol. The zero-order valence-electron chi connectivity index (χ0n) is 17.1. The summed E-state index contributed by atoms with van der Waals surface area (Å²) in [5.41, 5.74) is 2.70. The summed E-state index contributed by atoms with van der Waals surface area (Å²) < 4.78 is 20.2. The molecule has 1 amide bonds. The number of ether oxygens (including phenoxy) is 1. The molecule has 0 saturated heterocycles. The number of halogens is 1. The molecule has 0 bridgehead atoms. The van der Waals surface area contributed by atoms with Gasteiger partial charge in [-0.25, -0.2) is 18.9 Å². The molecule has 8 heteroatoms. The summed E-state index contributed by atoms with van der Waals surface area (Å²) in [6.45, 7) is 5.86. The number of nitrogens with zero attached hydrogens (tertiary/aromatic N) is 4. The van der Waals surface area contributed by atoms with Gasteiger partial charge in [-0.1, -0.05) is 12.1 Å². The van der Waals surface area contributed by atoms with Crippen LogP contribution in [0.1, 0.15) is 34.2 Å². The van der Waals surface area contributed by atoms with E-state index in [0.717, 1.165) is 11.4 Å². The Hall–Kier alpha value is -3.55. The number of benzene rings is 1. The van der Waals surface area contributed by atoms with Crippen LogP contribution in [0.4, 0.5) is 4.39 Å². The maximum atomic E-state index is 13.3. The lowest BCUT2D eigenvalue weighted by Crippen LogP contribution is -2.34. The van der Waals surface area contributed by atoms with Crippen molar-refractivity contribution in [2.45, 2.75) is 27.3 Å². The molecular formula is C22H23FN4O3. The Morgan fingerprint density at radius 1 is 1.17 bits per heavy atom. The van der Waals surface area contributed by atoms with Gasteiger partial charge < -0.3 is 9.64 Å². The van der Waals surface area contributed by atoms with Crippen molar-refractivity contribution < 1.29 is 18.7 Å². The molecule has 1 aromatic carbocycles. The van der Waals surface area contributed by atoms with Crippen LogP contribution < -0.4 is 0 Å². The standard InChI is InChI=1S/C22H23FN4O3/c1-4-26(13-17-6-5-7-19(23)11-17)21(28)14-30-22(29)18-8-9-20(24-12-18)27-16(3)10-15(2)25-27/h5-12H,4,13-14H2,1-3H3. The lowest BCUT2D eigenvalue weighted by Gasteiger charge is -2.21. The number of aromatic nitrogens is 3. The number of esters is 1. The van der Waals surface area contributed by atoms with Gasteiger partial charge in [0.2, 0.25) is 0 Å². The number of amides is 1. The quantitative estimate of drug-likeness (QED) is 0.559. The number of rotatable bonds is 7. The number of hydrogen-bond donors (Lipinski definition) is 0. The topological polar surface area (TPSA) is 77.3 Å². The number of hydrogen-bond acceptors (Lipinski definition) is 5. The van der Waals surface area contributed by atoms with E-state index in [0.29, 0.717) is 17.9 Å². The van der Waals surface area contributed by atoms with E-state index in [4.69, 9.17) is 4.74 Å². The van der Waals surface area contributed by atoms with Gasteiger partial charge in [0.05, 0.1) is 11.3 Å². The predicted molar refractivity (Wildman–Crippen MR) is 109 cm³/mol. The minimum absolute atomic E-state index is 0.237. The summed E-state index contributed by atoms with van der Waals surface area (Å²) in [7, 11) is 0. The molecule has 2 aromatic heterocycles. The molecule has 0 saturated carbocycles. The van der Waals surface area contributed by atoms with Crippen LogP contribution in [-0.2, 0) is 16.1 Å². The van der Waals surface area contributed by atoms with Crippen molar-refractivity contribution in [3.8, 4) is 5.82 Å². The second-order valence-corrected chi connectivity index (χ2v) is 6.86. The molecule has 0 N–H and O–H groups in total. The maximum absolute atomic E-state index is 13.3. The summed E-state index contributed by atoms with van der Waals surface area (Å²) in [4.78, 5) is 30.4. The average Bonchev–Trinajstić information content (AvgIpc) is 3.08. The van der Waals surface area contributed by atoms with Crippen LogP contribution in [0.5, 0.6) is 0 Å². The highest BCUT2D eigenvalue weighted by Gasteiger charge is 2.16. The molecule has 3 rings (SSSR count). The number of pyridine rings is 1. The second-order valence-electron chi connectivity index (χ2n) is 6.86. The van der Waals surface area contributed by atoms with Crippen LogP contribution in [-0.4, -0.2) is 44.7 Å². The molecule has 156 valence electrons. The predicted octanol–water partition coefficient (Wildman–Crippen LogP) is 3.23. The zero-order chi connectivity index (χ0) is 21.7. The zero-order valence-corrected chi connectivity index (χ0v) is 17.1. The van der Waals surface area contributed by atoms with Gasteiger partial charge in [-0.05, 0) is 56.7 Å². The first kappa shape index (κ1) is 21.2. The molecule has 0 atom stereocenters. The van der Waals surface area contributed by atoms with E-state index in [2.05, 4.69) is 10.1 Å². The smallest absolute Gasteiger partial charge is 0.340 e. The largest absolute Gasteiger partial charge is 0.452 e. The summed E-state index contributed by atoms with van der Waals surface area (Å²) in [6, 6.07) is 11.2. The molecular weight excluding hydrogens is 387 g/mol. The third-order valence-corrected chi connectivity index (χ3v) is 4.53. The van der Waals surface area contributed by atoms with Gasteiger partial charge in [0.25, 0.3) is 5.91 Å². The summed E-state index contributed by atoms with van der Waals surface area (Å²) in [6.07, 6.45) is 1.39. The van der Waals surface area contributed by atoms with Crippen LogP contribution in [0.3, 0.4) is 0 Å². The number of carbonyl (C=O) groups is 2. The minimum atomic E-state index is -0.641. The van der Waals surface area contributed by atoms with Crippen molar-refractivity contribution in [3.05, 3.63) is 77.0 Å². The number of aryl methyl sites for hydroxylation is 2. The Kier molecular flexibility index (Phi) is 6.56. The average molecular weight is 410 g/mol. The van der Waals surface area contributed by atoms with Crippen molar-refractivity contribution in [2.24, 2.45) is 0 Å². The molecule has 7 nitrogen and oxygen atoms in total. The highest BCUT2D eigenvalue weighted by Crippen LogP contribution is 2.12. The molecule has 30 heavy (non-hydrogen) atoms. The fourth-order valence-electron chi connectivity index (χ4n) is 3.03. The van der Waals surface area contributed by atoms with Crippen molar-refractivity contribution in [3.63, 3.8) is 0 Å². The minimum Gasteiger partial charge on any atom is -0.452 e. The maximum Gasteiger partial charge on any atom is 0.340 e. The highest BCUT2D eigenvalue weighted by atomic mass is 19.1. The molecule has 2 heterocycles. The van der Waals surface area contributed by atoms with E-state index in [1.807, 2.05) is 19.9 Å². The van der Waals surface area contributed by atoms with Gasteiger partial charge in [0.15, 0.2) is 12.4 Å². The number of likely N-dealkylation sites (N-methyl/N-ethyl adjacent to an activating group) is 1. The highest BCUT2D eigenvalue weighted by molar-refractivity contribution is 5.91. The Labute approximate surface area is 174 Å². The molecule has 0 aliphatic heterocycles. The summed E-state index contributed by atoms with van der Waals surface area (Å²) in [5, 5.41) is 4.35. The van der Waals surface area contributed by atoms with Crippen LogP contribution >= 0.6 is 0 Å². The second kappa shape index (κ2) is 9.30. The van der Waals surface area contributed by atoms with E-state index in [9.17, 15) is 14.0 Å². The summed E-state index contributed by atoms with van der Waals surface area (Å²) >= 11 is 0. The van der Waals surface area contributed by atoms with Gasteiger partial charge >= 0.3 is 5.97 Å². The lowest BCUT2D eigenvalue weighted by atomic mass is 10.2. The Morgan fingerprint density at radius 3 is 2.57 bits per heavy atom. The van der Waals surface area contributed by atoms with Crippen LogP contribution in [0.15, 0.2) is 48.7 Å². The Balaban J connectivity index is 1.58. The normalized spacial score (nSPS) is 10.7. The molecule has 0 unspecified atom stereocenters. The molecule has 0 aliphatic rings. The SMILES string of the molecule is CCN(Cc1cccc(F)c1)C(=O)COC(=O)c1ccc(-n2nc(C)cc2C)nc1. The molecule has 0 radical (unpaired) electrons. The van der Waals surface area contributed by atoms with Gasteiger partial charge in [0.1, 0.15) is 5.82 Å². The first-order valence-electron chi connectivity index (χ1n) is 9.56. The lowest BCUT2D eigenvalue weighted by molar-refractivity contribution is -0.134. The van der Waals surface area contributed by atoms with Gasteiger partial charge in [-0.2, -0.15) is 5.10 Å². The van der Waals surface area contributed by atoms with Crippen molar-refractivity contribution in [1.82, 2.24) is 19.7 Å². The van der Waals surface area contributed by atoms with Crippen molar-refractivity contribution >= 4 is 11.9 Å². The number of carbonyl (C=O) groups excluding carboxylic acids is 2. The Bertz CT molecular complexity index is 1050. The first-order valence-corrected chi connectivity index (χ1v) is 9.56. The van der Waals surface area contributed by atoms with Crippen molar-refractivity contribution in [2.75, 3.05) is 13.2 Å². The molecule has 0 spiro atoms. The fraction of sp³-hybridized carbons (Fsp3) is 0.273. The van der Waals surface area contributed by atoms with Gasteiger partial charge in [0, 0.05) is 25.0 Å². The Morgan fingerprint density at radius 2 is 1.97 bits per heavy atom. The van der Waals surface area contributed by atoms with Crippen LogP contribution in [0.2, 0.25) is 0 Å². The van der Waals surface area contributed by atoms with Gasteiger partial charge in [-0.15, -0.1) is 0 Å². The molecule has 0 aliphatic carbocycles. The van der Waals surface area contributed by atoms with E-state index >= 15 is 0 Å². The van der Waals surface area contributed by atoms with Crippen molar-refractivity contribution in [1.29, 1.82) is 0 Å². The molecule has 3 aromatic rings. The van der Waals surface area contributed by atoms with E-state index in [1.54, 1.807) is 35.9 Å². The van der Waals surface area contributed by atoms with E-state index < -0.39 is 12.6 Å². The first-order chi connectivity index (χ1) is 14.4.